The highest BCUT2D eigenvalue weighted by molar-refractivity contribution is 7.31. The lowest BCUT2D eigenvalue weighted by Gasteiger charge is -2.12. The molecule has 19 heavy (non-hydrogen) atoms. The van der Waals surface area contributed by atoms with Crippen LogP contribution < -0.4 is 9.26 Å². The minimum absolute atomic E-state index is 0.472. The molecule has 0 aliphatic rings. The van der Waals surface area contributed by atoms with Gasteiger partial charge in [-0.25, -0.2) is 4.52 Å². The topological polar surface area (TPSA) is 49.3 Å². The van der Waals surface area contributed by atoms with Crippen LogP contribution in [0.2, 0.25) is 0 Å². The van der Waals surface area contributed by atoms with Gasteiger partial charge in [-0.05, 0) is 27.9 Å². The molecular formula is C12H19NO4P2. The van der Waals surface area contributed by atoms with Gasteiger partial charge in [0.1, 0.15) is 6.61 Å². The third-order valence-electron chi connectivity index (χ3n) is 2.27. The van der Waals surface area contributed by atoms with Crippen molar-refractivity contribution in [2.45, 2.75) is 6.92 Å². The molecule has 1 rings (SSSR count). The molecule has 0 bridgehead atoms. The molecule has 0 N–H and O–H groups in total. The summed E-state index contributed by atoms with van der Waals surface area (Å²) in [6.45, 7) is 4.13. The maximum absolute atomic E-state index is 5.70. The molecule has 1 atom stereocenters. The largest absolute Gasteiger partial charge is 0.487 e. The Morgan fingerprint density at radius 1 is 1.21 bits per heavy atom. The maximum atomic E-state index is 5.70. The Kier molecular flexibility index (Phi) is 8.68. The number of nitrogens with zero attached hydrogens (tertiary/aromatic N) is 1. The summed E-state index contributed by atoms with van der Waals surface area (Å²) in [5, 5.41) is 0. The van der Waals surface area contributed by atoms with Crippen LogP contribution in [-0.4, -0.2) is 33.5 Å². The van der Waals surface area contributed by atoms with Crippen LogP contribution in [0.15, 0.2) is 22.7 Å². The first kappa shape index (κ1) is 16.3. The summed E-state index contributed by atoms with van der Waals surface area (Å²) in [7, 11) is 4.42. The van der Waals surface area contributed by atoms with Gasteiger partial charge in [-0.3, -0.25) is 0 Å². The van der Waals surface area contributed by atoms with Gasteiger partial charge in [0, 0.05) is 7.11 Å². The lowest BCUT2D eigenvalue weighted by molar-refractivity contribution is 0.0541. The van der Waals surface area contributed by atoms with E-state index >= 15 is 0 Å². The van der Waals surface area contributed by atoms with E-state index in [0.29, 0.717) is 40.8 Å². The second-order valence-electron chi connectivity index (χ2n) is 3.64. The Bertz CT molecular complexity index is 401. The Labute approximate surface area is 117 Å². The molecule has 5 nitrogen and oxygen atoms in total. The molecule has 1 aromatic carbocycles. The molecule has 7 heteroatoms. The van der Waals surface area contributed by atoms with E-state index in [2.05, 4.69) is 13.9 Å². The van der Waals surface area contributed by atoms with Crippen molar-refractivity contribution in [2.24, 2.45) is 4.52 Å². The van der Waals surface area contributed by atoms with Gasteiger partial charge in [0.2, 0.25) is 8.60 Å². The number of para-hydroxylation sites is 1. The Morgan fingerprint density at radius 3 is 2.74 bits per heavy atom. The SMILES string of the molecule is COCCOCCOc1c(C)cccc1OP=NP. The fraction of sp³-hybridized carbons (Fsp3) is 0.500. The molecule has 0 saturated carbocycles. The quantitative estimate of drug-likeness (QED) is 0.519. The summed E-state index contributed by atoms with van der Waals surface area (Å²) < 4.78 is 25.2. The van der Waals surface area contributed by atoms with Crippen LogP contribution in [0.5, 0.6) is 11.5 Å². The van der Waals surface area contributed by atoms with Crippen molar-refractivity contribution in [1.29, 1.82) is 0 Å². The van der Waals surface area contributed by atoms with E-state index in [-0.39, 0.29) is 0 Å². The second kappa shape index (κ2) is 10.1. The zero-order valence-electron chi connectivity index (χ0n) is 11.2. The van der Waals surface area contributed by atoms with Crippen LogP contribution in [0.3, 0.4) is 0 Å². The van der Waals surface area contributed by atoms with Gasteiger partial charge in [0.15, 0.2) is 11.5 Å². The lowest BCUT2D eigenvalue weighted by atomic mass is 10.2. The monoisotopic (exact) mass is 303 g/mol. The van der Waals surface area contributed by atoms with Crippen molar-refractivity contribution < 1.29 is 18.7 Å². The van der Waals surface area contributed by atoms with Crippen LogP contribution in [0.1, 0.15) is 5.56 Å². The van der Waals surface area contributed by atoms with Gasteiger partial charge in [0.05, 0.1) is 19.8 Å². The first-order valence-corrected chi connectivity index (χ1v) is 7.14. The number of hydrogen-bond donors (Lipinski definition) is 0. The molecule has 0 saturated heterocycles. The normalized spacial score (nSPS) is 10.9. The third-order valence-corrected chi connectivity index (χ3v) is 2.92. The van der Waals surface area contributed by atoms with Gasteiger partial charge in [-0.1, -0.05) is 12.1 Å². The summed E-state index contributed by atoms with van der Waals surface area (Å²) in [5.74, 6) is 1.42. The highest BCUT2D eigenvalue weighted by Gasteiger charge is 2.08. The van der Waals surface area contributed by atoms with Crippen LogP contribution >= 0.6 is 18.0 Å². The van der Waals surface area contributed by atoms with Gasteiger partial charge < -0.3 is 18.7 Å². The van der Waals surface area contributed by atoms with Crippen molar-refractivity contribution in [3.63, 3.8) is 0 Å². The Morgan fingerprint density at radius 2 is 2.00 bits per heavy atom. The van der Waals surface area contributed by atoms with Crippen LogP contribution in [-0.2, 0) is 9.47 Å². The highest BCUT2D eigenvalue weighted by atomic mass is 31.1. The molecule has 106 valence electrons. The molecule has 0 spiro atoms. The minimum atomic E-state index is 0.472. The average Bonchev–Trinajstić information content (AvgIpc) is 2.42. The predicted octanol–water partition coefficient (Wildman–Crippen LogP) is 3.25. The number of methoxy groups -OCH3 is 1. The van der Waals surface area contributed by atoms with Crippen LogP contribution in [0.25, 0.3) is 0 Å². The summed E-state index contributed by atoms with van der Waals surface area (Å²) in [4.78, 5) is 0. The number of aryl methyl sites for hydroxylation is 1. The second-order valence-corrected chi connectivity index (χ2v) is 4.91. The van der Waals surface area contributed by atoms with Crippen molar-refractivity contribution >= 4 is 18.0 Å². The molecular weight excluding hydrogens is 284 g/mol. The minimum Gasteiger partial charge on any atom is -0.487 e. The van der Waals surface area contributed by atoms with Gasteiger partial charge in [0.25, 0.3) is 0 Å². The first-order chi connectivity index (χ1) is 9.29. The molecule has 0 heterocycles. The molecule has 0 radical (unpaired) electrons. The van der Waals surface area contributed by atoms with Gasteiger partial charge in [-0.2, -0.15) is 0 Å². The van der Waals surface area contributed by atoms with Gasteiger partial charge in [-0.15, -0.1) is 0 Å². The summed E-state index contributed by atoms with van der Waals surface area (Å²) in [6, 6.07) is 5.75. The Hall–Kier alpha value is -0.730. The van der Waals surface area contributed by atoms with Gasteiger partial charge >= 0.3 is 0 Å². The average molecular weight is 303 g/mol. The van der Waals surface area contributed by atoms with Crippen molar-refractivity contribution in [1.82, 2.24) is 0 Å². The Balaban J connectivity index is 2.46. The van der Waals surface area contributed by atoms with E-state index in [1.807, 2.05) is 25.1 Å². The molecule has 0 aliphatic carbocycles. The summed E-state index contributed by atoms with van der Waals surface area (Å²) in [6.07, 6.45) is 0. The molecule has 1 unspecified atom stereocenters. The molecule has 0 aliphatic heterocycles. The predicted molar refractivity (Wildman–Crippen MR) is 79.1 cm³/mol. The lowest BCUT2D eigenvalue weighted by Crippen LogP contribution is -2.10. The van der Waals surface area contributed by atoms with E-state index in [1.165, 1.54) is 0 Å². The fourth-order valence-electron chi connectivity index (χ4n) is 1.40. The zero-order valence-corrected chi connectivity index (χ0v) is 13.2. The molecule has 0 amide bonds. The highest BCUT2D eigenvalue weighted by Crippen LogP contribution is 2.33. The number of rotatable bonds is 9. The van der Waals surface area contributed by atoms with E-state index in [9.17, 15) is 0 Å². The van der Waals surface area contributed by atoms with E-state index in [4.69, 9.17) is 18.7 Å². The van der Waals surface area contributed by atoms with Crippen LogP contribution in [0, 0.1) is 6.92 Å². The first-order valence-electron chi connectivity index (χ1n) is 5.86. The van der Waals surface area contributed by atoms with E-state index in [1.54, 1.807) is 7.11 Å². The zero-order chi connectivity index (χ0) is 13.9. The third kappa shape index (κ3) is 6.31. The van der Waals surface area contributed by atoms with Crippen molar-refractivity contribution in [3.05, 3.63) is 23.8 Å². The maximum Gasteiger partial charge on any atom is 0.245 e. The standard InChI is InChI=1S/C12H19NO4P2/c1-10-4-3-5-11(17-19-13-18)12(10)16-9-8-15-7-6-14-2/h3-5H,6-9,18H2,1-2H3. The van der Waals surface area contributed by atoms with Crippen LogP contribution in [0.4, 0.5) is 0 Å². The van der Waals surface area contributed by atoms with Crippen molar-refractivity contribution in [3.8, 4) is 11.5 Å². The number of ether oxygens (including phenoxy) is 3. The molecule has 0 aromatic heterocycles. The van der Waals surface area contributed by atoms with E-state index in [0.717, 1.165) is 11.3 Å². The molecule has 1 aromatic rings. The molecule has 0 fully saturated rings. The number of benzene rings is 1. The summed E-state index contributed by atoms with van der Waals surface area (Å²) in [5.41, 5.74) is 1.02. The smallest absolute Gasteiger partial charge is 0.245 e. The van der Waals surface area contributed by atoms with Crippen molar-refractivity contribution in [2.75, 3.05) is 33.5 Å². The van der Waals surface area contributed by atoms with E-state index < -0.39 is 0 Å². The summed E-state index contributed by atoms with van der Waals surface area (Å²) >= 11 is 0. The number of hydrogen-bond acceptors (Lipinski definition) is 5. The fourth-order valence-corrected chi connectivity index (χ4v) is 1.82.